The highest BCUT2D eigenvalue weighted by molar-refractivity contribution is 7.99. The third-order valence-electron chi connectivity index (χ3n) is 2.49. The summed E-state index contributed by atoms with van der Waals surface area (Å²) in [6, 6.07) is 0.00981. The Morgan fingerprint density at radius 1 is 1.58 bits per heavy atom. The van der Waals surface area contributed by atoms with E-state index in [0.717, 1.165) is 24.1 Å². The topological polar surface area (TPSA) is 46.3 Å². The molecule has 0 bridgehead atoms. The van der Waals surface area contributed by atoms with E-state index < -0.39 is 0 Å². The molecule has 2 aliphatic rings. The zero-order chi connectivity index (χ0) is 8.55. The predicted molar refractivity (Wildman–Crippen MR) is 49.7 cm³/mol. The van der Waals surface area contributed by atoms with Crippen molar-refractivity contribution in [3.8, 4) is 0 Å². The summed E-state index contributed by atoms with van der Waals surface area (Å²) in [4.78, 5) is 13.2. The largest absolute Gasteiger partial charge is 0.368 e. The van der Waals surface area contributed by atoms with Crippen molar-refractivity contribution < 1.29 is 4.79 Å². The van der Waals surface area contributed by atoms with Gasteiger partial charge >= 0.3 is 0 Å². The maximum atomic E-state index is 11.0. The highest BCUT2D eigenvalue weighted by atomic mass is 32.2. The quantitative estimate of drug-likeness (QED) is 0.687. The molecule has 4 heteroatoms. The molecule has 1 saturated heterocycles. The minimum Gasteiger partial charge on any atom is -0.368 e. The summed E-state index contributed by atoms with van der Waals surface area (Å²) in [5.41, 5.74) is 5.29. The maximum Gasteiger partial charge on any atom is 0.235 e. The van der Waals surface area contributed by atoms with Gasteiger partial charge in [-0.15, -0.1) is 11.8 Å². The van der Waals surface area contributed by atoms with Crippen molar-refractivity contribution in [2.24, 2.45) is 11.7 Å². The lowest BCUT2D eigenvalue weighted by molar-refractivity contribution is -0.121. The molecule has 1 aliphatic heterocycles. The molecule has 0 spiro atoms. The Balaban J connectivity index is 1.88. The minimum atomic E-state index is -0.152. The molecule has 2 N–H and O–H groups in total. The van der Waals surface area contributed by atoms with Crippen LogP contribution in [-0.2, 0) is 4.79 Å². The molecule has 1 heterocycles. The number of carbonyl (C=O) groups excluding carboxylic acids is 1. The summed E-state index contributed by atoms with van der Waals surface area (Å²) >= 11 is 1.81. The fraction of sp³-hybridized carbons (Fsp3) is 0.875. The number of rotatable bonds is 3. The first kappa shape index (κ1) is 8.38. The molecular formula is C8H14N2OS. The van der Waals surface area contributed by atoms with Crippen LogP contribution in [0.4, 0.5) is 0 Å². The first-order valence-electron chi connectivity index (χ1n) is 4.38. The summed E-state index contributed by atoms with van der Waals surface area (Å²) in [7, 11) is 0. The highest BCUT2D eigenvalue weighted by Crippen LogP contribution is 2.32. The van der Waals surface area contributed by atoms with E-state index in [9.17, 15) is 4.79 Å². The van der Waals surface area contributed by atoms with Gasteiger partial charge in [0.25, 0.3) is 0 Å². The number of amides is 1. The average Bonchev–Trinajstić information content (AvgIpc) is 2.66. The van der Waals surface area contributed by atoms with Gasteiger partial charge in [-0.3, -0.25) is 9.69 Å². The molecule has 1 aliphatic carbocycles. The van der Waals surface area contributed by atoms with Gasteiger partial charge in [-0.25, -0.2) is 0 Å². The smallest absolute Gasteiger partial charge is 0.235 e. The van der Waals surface area contributed by atoms with E-state index in [1.165, 1.54) is 12.8 Å². The number of nitrogens with two attached hydrogens (primary N) is 1. The van der Waals surface area contributed by atoms with Gasteiger partial charge < -0.3 is 5.73 Å². The van der Waals surface area contributed by atoms with Gasteiger partial charge in [0.05, 0.1) is 6.04 Å². The zero-order valence-electron chi connectivity index (χ0n) is 7.03. The van der Waals surface area contributed by atoms with Gasteiger partial charge in [0.15, 0.2) is 0 Å². The minimum absolute atomic E-state index is 0.00981. The van der Waals surface area contributed by atoms with Gasteiger partial charge in [-0.2, -0.15) is 0 Å². The molecule has 2 rings (SSSR count). The SMILES string of the molecule is NC(=O)C1CSCN1CC1CC1. The van der Waals surface area contributed by atoms with Crippen LogP contribution in [0.5, 0.6) is 0 Å². The van der Waals surface area contributed by atoms with E-state index in [1.54, 1.807) is 0 Å². The average molecular weight is 186 g/mol. The summed E-state index contributed by atoms with van der Waals surface area (Å²) in [5, 5.41) is 0. The normalized spacial score (nSPS) is 30.8. The van der Waals surface area contributed by atoms with Crippen LogP contribution in [0.2, 0.25) is 0 Å². The van der Waals surface area contributed by atoms with Crippen molar-refractivity contribution in [1.82, 2.24) is 4.90 Å². The monoisotopic (exact) mass is 186 g/mol. The second-order valence-corrected chi connectivity index (χ2v) is 4.63. The van der Waals surface area contributed by atoms with Gasteiger partial charge in [-0.1, -0.05) is 0 Å². The molecule has 0 aromatic carbocycles. The zero-order valence-corrected chi connectivity index (χ0v) is 7.85. The van der Waals surface area contributed by atoms with E-state index in [0.29, 0.717) is 0 Å². The Kier molecular flexibility index (Phi) is 2.28. The molecule has 0 aromatic heterocycles. The standard InChI is InChI=1S/C8H14N2OS/c9-8(11)7-4-12-5-10(7)3-6-1-2-6/h6-7H,1-5H2,(H2,9,11). The molecule has 1 amide bonds. The van der Waals surface area contributed by atoms with E-state index in [1.807, 2.05) is 11.8 Å². The summed E-state index contributed by atoms with van der Waals surface area (Å²) in [5.74, 6) is 2.58. The third kappa shape index (κ3) is 1.75. The molecule has 3 nitrogen and oxygen atoms in total. The van der Waals surface area contributed by atoms with E-state index in [-0.39, 0.29) is 11.9 Å². The van der Waals surface area contributed by atoms with Crippen molar-refractivity contribution >= 4 is 17.7 Å². The number of thioether (sulfide) groups is 1. The summed E-state index contributed by atoms with van der Waals surface area (Å²) in [6.45, 7) is 1.08. The van der Waals surface area contributed by atoms with E-state index in [2.05, 4.69) is 4.90 Å². The van der Waals surface area contributed by atoms with Gasteiger partial charge in [-0.05, 0) is 18.8 Å². The van der Waals surface area contributed by atoms with E-state index in [4.69, 9.17) is 5.73 Å². The molecule has 1 unspecified atom stereocenters. The second kappa shape index (κ2) is 3.26. The van der Waals surface area contributed by atoms with Crippen LogP contribution in [0.1, 0.15) is 12.8 Å². The first-order valence-corrected chi connectivity index (χ1v) is 5.54. The van der Waals surface area contributed by atoms with Crippen LogP contribution >= 0.6 is 11.8 Å². The lowest BCUT2D eigenvalue weighted by Crippen LogP contribution is -2.42. The molecule has 0 radical (unpaired) electrons. The molecular weight excluding hydrogens is 172 g/mol. The summed E-state index contributed by atoms with van der Waals surface area (Å²) in [6.07, 6.45) is 2.68. The van der Waals surface area contributed by atoms with Crippen molar-refractivity contribution in [2.75, 3.05) is 18.2 Å². The van der Waals surface area contributed by atoms with Crippen LogP contribution in [0, 0.1) is 5.92 Å². The number of primary amides is 1. The van der Waals surface area contributed by atoms with Crippen molar-refractivity contribution in [3.05, 3.63) is 0 Å². The van der Waals surface area contributed by atoms with Gasteiger partial charge in [0.2, 0.25) is 5.91 Å². The van der Waals surface area contributed by atoms with Crippen LogP contribution in [0.3, 0.4) is 0 Å². The van der Waals surface area contributed by atoms with Gasteiger partial charge in [0, 0.05) is 18.2 Å². The fourth-order valence-electron chi connectivity index (χ4n) is 1.55. The maximum absolute atomic E-state index is 11.0. The summed E-state index contributed by atoms with van der Waals surface area (Å²) < 4.78 is 0. The second-order valence-electron chi connectivity index (χ2n) is 3.63. The number of hydrogen-bond acceptors (Lipinski definition) is 3. The van der Waals surface area contributed by atoms with Crippen LogP contribution in [0.15, 0.2) is 0 Å². The van der Waals surface area contributed by atoms with Crippen LogP contribution < -0.4 is 5.73 Å². The molecule has 1 saturated carbocycles. The Morgan fingerprint density at radius 2 is 2.33 bits per heavy atom. The molecule has 2 fully saturated rings. The number of hydrogen-bond donors (Lipinski definition) is 1. The molecule has 1 atom stereocenters. The Bertz CT molecular complexity index is 193. The molecule has 68 valence electrons. The van der Waals surface area contributed by atoms with Crippen molar-refractivity contribution in [2.45, 2.75) is 18.9 Å². The fourth-order valence-corrected chi connectivity index (χ4v) is 2.77. The van der Waals surface area contributed by atoms with Crippen molar-refractivity contribution in [3.63, 3.8) is 0 Å². The van der Waals surface area contributed by atoms with Crippen LogP contribution in [-0.4, -0.2) is 35.0 Å². The first-order chi connectivity index (χ1) is 5.77. The Morgan fingerprint density at radius 3 is 2.92 bits per heavy atom. The van der Waals surface area contributed by atoms with Gasteiger partial charge in [0.1, 0.15) is 0 Å². The van der Waals surface area contributed by atoms with E-state index >= 15 is 0 Å². The molecule has 12 heavy (non-hydrogen) atoms. The number of carbonyl (C=O) groups is 1. The van der Waals surface area contributed by atoms with Crippen molar-refractivity contribution in [1.29, 1.82) is 0 Å². The Hall–Kier alpha value is -0.220. The predicted octanol–water partition coefficient (Wildman–Crippen LogP) is 0.257. The third-order valence-corrected chi connectivity index (χ3v) is 3.56. The number of nitrogens with zero attached hydrogens (tertiary/aromatic N) is 1. The Labute approximate surface area is 76.7 Å². The molecule has 0 aromatic rings. The lowest BCUT2D eigenvalue weighted by Gasteiger charge is -2.19. The lowest BCUT2D eigenvalue weighted by atomic mass is 10.2. The highest BCUT2D eigenvalue weighted by Gasteiger charge is 2.33. The van der Waals surface area contributed by atoms with Crippen LogP contribution in [0.25, 0.3) is 0 Å².